The van der Waals surface area contributed by atoms with Crippen LogP contribution in [0.2, 0.25) is 0 Å². The van der Waals surface area contributed by atoms with Crippen LogP contribution >= 0.6 is 0 Å². The van der Waals surface area contributed by atoms with E-state index < -0.39 is 0 Å². The largest absolute Gasteiger partial charge is 0.293 e. The molecule has 0 N–H and O–H groups in total. The first-order valence-electron chi connectivity index (χ1n) is 8.23. The first-order chi connectivity index (χ1) is 10.7. The number of hydrogen-bond acceptors (Lipinski definition) is 4. The quantitative estimate of drug-likeness (QED) is 0.851. The van der Waals surface area contributed by atoms with Crippen molar-refractivity contribution >= 4 is 0 Å². The van der Waals surface area contributed by atoms with Gasteiger partial charge in [-0.1, -0.05) is 6.42 Å². The van der Waals surface area contributed by atoms with Crippen molar-refractivity contribution in [2.75, 3.05) is 6.54 Å². The van der Waals surface area contributed by atoms with Gasteiger partial charge in [0.1, 0.15) is 5.82 Å². The van der Waals surface area contributed by atoms with Crippen molar-refractivity contribution in [2.45, 2.75) is 58.7 Å². The van der Waals surface area contributed by atoms with Gasteiger partial charge >= 0.3 is 0 Å². The van der Waals surface area contributed by atoms with Gasteiger partial charge in [0.15, 0.2) is 0 Å². The minimum Gasteiger partial charge on any atom is -0.293 e. The smallest absolute Gasteiger partial charge is 0.142 e. The number of aromatic nitrogens is 4. The standard InChI is InChI=1S/C17H25N5/c1-14-12-15(2)20-17(19-14)13-21-9-4-3-6-16(21)7-11-22-10-5-8-18-22/h5,8,10,12,16H,3-4,6-7,9,11,13H2,1-2H3/t16-/m1/s1. The molecule has 5 heteroatoms. The molecule has 1 fully saturated rings. The summed E-state index contributed by atoms with van der Waals surface area (Å²) >= 11 is 0. The fraction of sp³-hybridized carbons (Fsp3) is 0.588. The summed E-state index contributed by atoms with van der Waals surface area (Å²) in [5, 5.41) is 4.31. The number of rotatable bonds is 5. The normalized spacial score (nSPS) is 19.5. The van der Waals surface area contributed by atoms with Crippen LogP contribution in [0.5, 0.6) is 0 Å². The van der Waals surface area contributed by atoms with E-state index in [1.807, 2.05) is 43.1 Å². The molecule has 0 aromatic carbocycles. The molecule has 0 spiro atoms. The molecule has 118 valence electrons. The number of aryl methyl sites for hydroxylation is 3. The van der Waals surface area contributed by atoms with Crippen molar-refractivity contribution in [2.24, 2.45) is 0 Å². The Morgan fingerprint density at radius 2 is 2.00 bits per heavy atom. The third kappa shape index (κ3) is 3.91. The van der Waals surface area contributed by atoms with Gasteiger partial charge in [0.05, 0.1) is 6.54 Å². The Hall–Kier alpha value is -1.75. The van der Waals surface area contributed by atoms with Crippen molar-refractivity contribution in [1.29, 1.82) is 0 Å². The minimum atomic E-state index is 0.613. The predicted octanol–water partition coefficient (Wildman–Crippen LogP) is 2.73. The molecule has 2 aromatic heterocycles. The Kier molecular flexibility index (Phi) is 4.83. The molecule has 1 atom stereocenters. The van der Waals surface area contributed by atoms with E-state index in [2.05, 4.69) is 20.0 Å². The van der Waals surface area contributed by atoms with Crippen molar-refractivity contribution in [3.8, 4) is 0 Å². The van der Waals surface area contributed by atoms with E-state index in [1.54, 1.807) is 0 Å². The van der Waals surface area contributed by atoms with Crippen LogP contribution in [0.1, 0.15) is 42.9 Å². The van der Waals surface area contributed by atoms with E-state index in [0.29, 0.717) is 6.04 Å². The Morgan fingerprint density at radius 3 is 2.73 bits per heavy atom. The van der Waals surface area contributed by atoms with Gasteiger partial charge in [-0.3, -0.25) is 9.58 Å². The fourth-order valence-electron chi connectivity index (χ4n) is 3.36. The number of nitrogens with zero attached hydrogens (tertiary/aromatic N) is 5. The van der Waals surface area contributed by atoms with Crippen LogP contribution in [0, 0.1) is 13.8 Å². The van der Waals surface area contributed by atoms with Crippen LogP contribution in [0.4, 0.5) is 0 Å². The highest BCUT2D eigenvalue weighted by molar-refractivity contribution is 5.08. The second kappa shape index (κ2) is 7.01. The number of likely N-dealkylation sites (tertiary alicyclic amines) is 1. The maximum atomic E-state index is 4.60. The summed E-state index contributed by atoms with van der Waals surface area (Å²) in [5.74, 6) is 0.962. The molecule has 1 saturated heterocycles. The highest BCUT2D eigenvalue weighted by Crippen LogP contribution is 2.21. The maximum absolute atomic E-state index is 4.60. The topological polar surface area (TPSA) is 46.8 Å². The lowest BCUT2D eigenvalue weighted by Gasteiger charge is -2.35. The average molecular weight is 299 g/mol. The lowest BCUT2D eigenvalue weighted by atomic mass is 9.99. The van der Waals surface area contributed by atoms with E-state index in [1.165, 1.54) is 19.3 Å². The van der Waals surface area contributed by atoms with Crippen molar-refractivity contribution < 1.29 is 0 Å². The second-order valence-electron chi connectivity index (χ2n) is 6.24. The lowest BCUT2D eigenvalue weighted by molar-refractivity contribution is 0.124. The van der Waals surface area contributed by atoms with Gasteiger partial charge in [0.25, 0.3) is 0 Å². The SMILES string of the molecule is Cc1cc(C)nc(CN2CCCC[C@@H]2CCn2cccn2)n1. The van der Waals surface area contributed by atoms with Gasteiger partial charge < -0.3 is 0 Å². The summed E-state index contributed by atoms with van der Waals surface area (Å²) in [6.45, 7) is 7.10. The number of piperidine rings is 1. The molecule has 0 amide bonds. The van der Waals surface area contributed by atoms with Gasteiger partial charge in [-0.15, -0.1) is 0 Å². The molecule has 1 aliphatic heterocycles. The summed E-state index contributed by atoms with van der Waals surface area (Å²) < 4.78 is 2.03. The molecule has 0 aliphatic carbocycles. The second-order valence-corrected chi connectivity index (χ2v) is 6.24. The van der Waals surface area contributed by atoms with E-state index >= 15 is 0 Å². The first kappa shape index (κ1) is 15.2. The first-order valence-corrected chi connectivity index (χ1v) is 8.23. The molecule has 2 aromatic rings. The van der Waals surface area contributed by atoms with Crippen LogP contribution in [-0.4, -0.2) is 37.2 Å². The highest BCUT2D eigenvalue weighted by Gasteiger charge is 2.23. The fourth-order valence-corrected chi connectivity index (χ4v) is 3.36. The molecule has 22 heavy (non-hydrogen) atoms. The van der Waals surface area contributed by atoms with Gasteiger partial charge in [0.2, 0.25) is 0 Å². The zero-order valence-electron chi connectivity index (χ0n) is 13.6. The Bertz CT molecular complexity index is 573. The summed E-state index contributed by atoms with van der Waals surface area (Å²) in [7, 11) is 0. The van der Waals surface area contributed by atoms with Crippen LogP contribution in [0.15, 0.2) is 24.5 Å². The van der Waals surface area contributed by atoms with Gasteiger partial charge in [-0.25, -0.2) is 9.97 Å². The zero-order chi connectivity index (χ0) is 15.4. The third-order valence-corrected chi connectivity index (χ3v) is 4.37. The lowest BCUT2D eigenvalue weighted by Crippen LogP contribution is -2.40. The van der Waals surface area contributed by atoms with Crippen molar-refractivity contribution in [3.05, 3.63) is 41.7 Å². The highest BCUT2D eigenvalue weighted by atomic mass is 15.3. The van der Waals surface area contributed by atoms with Gasteiger partial charge in [0, 0.05) is 36.4 Å². The summed E-state index contributed by atoms with van der Waals surface area (Å²) in [4.78, 5) is 11.8. The molecule has 0 unspecified atom stereocenters. The molecule has 5 nitrogen and oxygen atoms in total. The Balaban J connectivity index is 1.64. The van der Waals surface area contributed by atoms with Gasteiger partial charge in [-0.2, -0.15) is 5.10 Å². The molecule has 0 bridgehead atoms. The van der Waals surface area contributed by atoms with Crippen molar-refractivity contribution in [1.82, 2.24) is 24.6 Å². The average Bonchev–Trinajstić information content (AvgIpc) is 2.98. The molecular weight excluding hydrogens is 274 g/mol. The Labute approximate surface area is 132 Å². The Morgan fingerprint density at radius 1 is 1.18 bits per heavy atom. The van der Waals surface area contributed by atoms with Crippen LogP contribution in [0.25, 0.3) is 0 Å². The molecule has 1 aliphatic rings. The van der Waals surface area contributed by atoms with Crippen LogP contribution in [-0.2, 0) is 13.1 Å². The molecular formula is C17H25N5. The molecule has 3 heterocycles. The summed E-state index contributed by atoms with van der Waals surface area (Å²) in [5.41, 5.74) is 2.13. The maximum Gasteiger partial charge on any atom is 0.142 e. The van der Waals surface area contributed by atoms with E-state index in [-0.39, 0.29) is 0 Å². The van der Waals surface area contributed by atoms with Gasteiger partial charge in [-0.05, 0) is 51.8 Å². The monoisotopic (exact) mass is 299 g/mol. The molecule has 0 radical (unpaired) electrons. The third-order valence-electron chi connectivity index (χ3n) is 4.37. The molecule has 3 rings (SSSR count). The minimum absolute atomic E-state index is 0.613. The zero-order valence-corrected chi connectivity index (χ0v) is 13.6. The van der Waals surface area contributed by atoms with E-state index in [4.69, 9.17) is 0 Å². The van der Waals surface area contributed by atoms with E-state index in [0.717, 1.165) is 43.3 Å². The van der Waals surface area contributed by atoms with Crippen LogP contribution in [0.3, 0.4) is 0 Å². The summed E-state index contributed by atoms with van der Waals surface area (Å²) in [6.07, 6.45) is 8.91. The number of hydrogen-bond donors (Lipinski definition) is 0. The van der Waals surface area contributed by atoms with Crippen LogP contribution < -0.4 is 0 Å². The predicted molar refractivity (Wildman–Crippen MR) is 86.4 cm³/mol. The van der Waals surface area contributed by atoms with E-state index in [9.17, 15) is 0 Å². The molecule has 0 saturated carbocycles. The van der Waals surface area contributed by atoms with Crippen molar-refractivity contribution in [3.63, 3.8) is 0 Å². The summed E-state index contributed by atoms with van der Waals surface area (Å²) in [6, 6.07) is 4.64.